The van der Waals surface area contributed by atoms with Gasteiger partial charge in [-0.2, -0.15) is 5.10 Å². The minimum Gasteiger partial charge on any atom is -0.352 e. The average molecular weight is 439 g/mol. The summed E-state index contributed by atoms with van der Waals surface area (Å²) in [5.41, 5.74) is 4.10. The van der Waals surface area contributed by atoms with Gasteiger partial charge in [0.1, 0.15) is 12.4 Å². The van der Waals surface area contributed by atoms with E-state index in [0.717, 1.165) is 41.6 Å². The van der Waals surface area contributed by atoms with Gasteiger partial charge in [-0.15, -0.1) is 5.10 Å². The molecule has 2 aromatic heterocycles. The highest BCUT2D eigenvalue weighted by Crippen LogP contribution is 2.26. The van der Waals surface area contributed by atoms with Crippen LogP contribution in [0.2, 0.25) is 0 Å². The second-order valence-corrected chi connectivity index (χ2v) is 8.26. The van der Waals surface area contributed by atoms with E-state index in [0.29, 0.717) is 13.1 Å². The standard InChI is InChI=1S/C26H26N6O/c1-20-7-5-10-22(17-20)23-18-32(26(28-23)21-8-3-2-4-9-21)19-25(33)31-15-13-30(14-16-31)24-11-6-12-27-29-24/h2-12,17-18H,13-16,19H2,1H3. The second kappa shape index (κ2) is 9.24. The van der Waals surface area contributed by atoms with Gasteiger partial charge in [0, 0.05) is 49.7 Å². The number of benzene rings is 2. The lowest BCUT2D eigenvalue weighted by Gasteiger charge is -2.35. The number of carbonyl (C=O) groups is 1. The monoisotopic (exact) mass is 438 g/mol. The molecule has 1 fully saturated rings. The van der Waals surface area contributed by atoms with Gasteiger partial charge < -0.3 is 14.4 Å². The Kier molecular flexibility index (Phi) is 5.85. The molecule has 2 aromatic carbocycles. The number of hydrogen-bond acceptors (Lipinski definition) is 5. The number of anilines is 1. The summed E-state index contributed by atoms with van der Waals surface area (Å²) in [6, 6.07) is 22.2. The van der Waals surface area contributed by atoms with Crippen LogP contribution in [-0.4, -0.2) is 56.7 Å². The molecule has 1 aliphatic heterocycles. The lowest BCUT2D eigenvalue weighted by Crippen LogP contribution is -2.49. The van der Waals surface area contributed by atoms with Crippen LogP contribution in [0.15, 0.2) is 79.1 Å². The van der Waals surface area contributed by atoms with Crippen molar-refractivity contribution in [2.24, 2.45) is 0 Å². The molecule has 0 unspecified atom stereocenters. The summed E-state index contributed by atoms with van der Waals surface area (Å²) in [6.45, 7) is 5.14. The van der Waals surface area contributed by atoms with E-state index in [2.05, 4.69) is 40.2 Å². The predicted octanol–water partition coefficient (Wildman–Crippen LogP) is 3.66. The number of aryl methyl sites for hydroxylation is 1. The van der Waals surface area contributed by atoms with Crippen molar-refractivity contribution < 1.29 is 4.79 Å². The molecule has 1 saturated heterocycles. The largest absolute Gasteiger partial charge is 0.352 e. The smallest absolute Gasteiger partial charge is 0.242 e. The lowest BCUT2D eigenvalue weighted by atomic mass is 10.1. The molecular weight excluding hydrogens is 412 g/mol. The van der Waals surface area contributed by atoms with E-state index < -0.39 is 0 Å². The minimum absolute atomic E-state index is 0.0965. The van der Waals surface area contributed by atoms with Crippen LogP contribution in [-0.2, 0) is 11.3 Å². The molecule has 166 valence electrons. The van der Waals surface area contributed by atoms with Crippen LogP contribution in [0.25, 0.3) is 22.6 Å². The van der Waals surface area contributed by atoms with E-state index in [4.69, 9.17) is 4.98 Å². The molecule has 1 amide bonds. The average Bonchev–Trinajstić information content (AvgIpc) is 3.29. The number of hydrogen-bond donors (Lipinski definition) is 0. The quantitative estimate of drug-likeness (QED) is 0.476. The first-order chi connectivity index (χ1) is 16.2. The van der Waals surface area contributed by atoms with Gasteiger partial charge in [-0.05, 0) is 25.1 Å². The lowest BCUT2D eigenvalue weighted by molar-refractivity contribution is -0.132. The number of carbonyl (C=O) groups excluding carboxylic acids is 1. The molecule has 0 N–H and O–H groups in total. The summed E-state index contributed by atoms with van der Waals surface area (Å²) in [5, 5.41) is 8.14. The van der Waals surface area contributed by atoms with Crippen molar-refractivity contribution in [1.82, 2.24) is 24.6 Å². The summed E-state index contributed by atoms with van der Waals surface area (Å²) < 4.78 is 1.98. The Bertz CT molecular complexity index is 1230. The van der Waals surface area contributed by atoms with Crippen molar-refractivity contribution >= 4 is 11.7 Å². The van der Waals surface area contributed by atoms with Crippen molar-refractivity contribution in [3.05, 3.63) is 84.7 Å². The molecule has 0 aliphatic carbocycles. The maximum Gasteiger partial charge on any atom is 0.242 e. The number of amides is 1. The molecule has 1 aliphatic rings. The molecule has 0 atom stereocenters. The van der Waals surface area contributed by atoms with E-state index in [1.54, 1.807) is 6.20 Å². The Morgan fingerprint density at radius 3 is 2.42 bits per heavy atom. The van der Waals surface area contributed by atoms with Gasteiger partial charge in [0.15, 0.2) is 5.82 Å². The fraction of sp³-hybridized carbons (Fsp3) is 0.231. The first kappa shape index (κ1) is 20.9. The number of nitrogens with zero attached hydrogens (tertiary/aromatic N) is 6. The van der Waals surface area contributed by atoms with Gasteiger partial charge in [0.25, 0.3) is 0 Å². The molecule has 0 spiro atoms. The zero-order valence-corrected chi connectivity index (χ0v) is 18.6. The van der Waals surface area contributed by atoms with Crippen LogP contribution >= 0.6 is 0 Å². The minimum atomic E-state index is 0.0965. The van der Waals surface area contributed by atoms with Crippen LogP contribution in [0.5, 0.6) is 0 Å². The third-order valence-electron chi connectivity index (χ3n) is 5.94. The van der Waals surface area contributed by atoms with Crippen molar-refractivity contribution in [3.8, 4) is 22.6 Å². The first-order valence-electron chi connectivity index (χ1n) is 11.2. The maximum absolute atomic E-state index is 13.2. The molecule has 0 saturated carbocycles. The summed E-state index contributed by atoms with van der Waals surface area (Å²) >= 11 is 0. The highest BCUT2D eigenvalue weighted by atomic mass is 16.2. The summed E-state index contributed by atoms with van der Waals surface area (Å²) in [5.74, 6) is 1.76. The SMILES string of the molecule is Cc1cccc(-c2cn(CC(=O)N3CCN(c4cccnn4)CC3)c(-c3ccccc3)n2)c1. The van der Waals surface area contributed by atoms with Crippen LogP contribution in [0.3, 0.4) is 0 Å². The topological polar surface area (TPSA) is 67.2 Å². The zero-order chi connectivity index (χ0) is 22.6. The molecule has 5 rings (SSSR count). The molecular formula is C26H26N6O. The number of piperazine rings is 1. The van der Waals surface area contributed by atoms with Crippen molar-refractivity contribution in [3.63, 3.8) is 0 Å². The zero-order valence-electron chi connectivity index (χ0n) is 18.6. The molecule has 7 heteroatoms. The van der Waals surface area contributed by atoms with Crippen molar-refractivity contribution in [1.29, 1.82) is 0 Å². The molecule has 0 bridgehead atoms. The molecule has 4 aromatic rings. The highest BCUT2D eigenvalue weighted by Gasteiger charge is 2.23. The molecule has 7 nitrogen and oxygen atoms in total. The number of aromatic nitrogens is 4. The Balaban J connectivity index is 1.35. The maximum atomic E-state index is 13.2. The van der Waals surface area contributed by atoms with Gasteiger partial charge in [-0.3, -0.25) is 4.79 Å². The third-order valence-corrected chi connectivity index (χ3v) is 5.94. The van der Waals surface area contributed by atoms with Gasteiger partial charge in [0.2, 0.25) is 5.91 Å². The van der Waals surface area contributed by atoms with E-state index in [-0.39, 0.29) is 12.5 Å². The van der Waals surface area contributed by atoms with Crippen LogP contribution in [0.1, 0.15) is 5.56 Å². The van der Waals surface area contributed by atoms with Gasteiger partial charge in [-0.25, -0.2) is 4.98 Å². The van der Waals surface area contributed by atoms with Gasteiger partial charge >= 0.3 is 0 Å². The van der Waals surface area contributed by atoms with E-state index in [1.807, 2.05) is 64.2 Å². The Hall–Kier alpha value is -4.00. The van der Waals surface area contributed by atoms with Crippen LogP contribution in [0.4, 0.5) is 5.82 Å². The van der Waals surface area contributed by atoms with Crippen molar-refractivity contribution in [2.75, 3.05) is 31.1 Å². The van der Waals surface area contributed by atoms with Gasteiger partial charge in [-0.1, -0.05) is 54.1 Å². The Labute approximate surface area is 193 Å². The van der Waals surface area contributed by atoms with Crippen molar-refractivity contribution in [2.45, 2.75) is 13.5 Å². The second-order valence-electron chi connectivity index (χ2n) is 8.26. The number of imidazole rings is 1. The Morgan fingerprint density at radius 1 is 0.909 bits per heavy atom. The fourth-order valence-electron chi connectivity index (χ4n) is 4.19. The van der Waals surface area contributed by atoms with E-state index >= 15 is 0 Å². The van der Waals surface area contributed by atoms with E-state index in [9.17, 15) is 4.79 Å². The van der Waals surface area contributed by atoms with E-state index in [1.165, 1.54) is 5.56 Å². The van der Waals surface area contributed by atoms with Gasteiger partial charge in [0.05, 0.1) is 5.69 Å². The fourth-order valence-corrected chi connectivity index (χ4v) is 4.19. The molecule has 33 heavy (non-hydrogen) atoms. The highest BCUT2D eigenvalue weighted by molar-refractivity contribution is 5.78. The summed E-state index contributed by atoms with van der Waals surface area (Å²) in [4.78, 5) is 22.2. The normalized spacial score (nSPS) is 13.8. The van der Waals surface area contributed by atoms with Crippen LogP contribution < -0.4 is 4.90 Å². The number of rotatable bonds is 5. The Morgan fingerprint density at radius 2 is 1.70 bits per heavy atom. The molecule has 0 radical (unpaired) electrons. The predicted molar refractivity (Wildman–Crippen MR) is 129 cm³/mol. The summed E-state index contributed by atoms with van der Waals surface area (Å²) in [6.07, 6.45) is 3.66. The first-order valence-corrected chi connectivity index (χ1v) is 11.2. The van der Waals surface area contributed by atoms with Crippen LogP contribution in [0, 0.1) is 6.92 Å². The summed E-state index contributed by atoms with van der Waals surface area (Å²) in [7, 11) is 0. The third kappa shape index (κ3) is 4.62. The molecule has 3 heterocycles.